The van der Waals surface area contributed by atoms with E-state index in [1.807, 2.05) is 0 Å². The molecular formula is C21H44N4. The van der Waals surface area contributed by atoms with Crippen LogP contribution in [0, 0.1) is 0 Å². The summed E-state index contributed by atoms with van der Waals surface area (Å²) in [6, 6.07) is 1.56. The summed E-state index contributed by atoms with van der Waals surface area (Å²) in [6.45, 7) is 19.3. The molecule has 2 heterocycles. The predicted octanol–water partition coefficient (Wildman–Crippen LogP) is 3.68. The quantitative estimate of drug-likeness (QED) is 0.556. The normalized spacial score (nSPS) is 27.8. The topological polar surface area (TPSA) is 13.0 Å². The Morgan fingerprint density at radius 3 is 1.44 bits per heavy atom. The van der Waals surface area contributed by atoms with E-state index in [0.29, 0.717) is 0 Å². The minimum absolute atomic E-state index is 0.780. The van der Waals surface area contributed by atoms with Gasteiger partial charge in [-0.25, -0.2) is 0 Å². The summed E-state index contributed by atoms with van der Waals surface area (Å²) >= 11 is 0. The highest BCUT2D eigenvalue weighted by molar-refractivity contribution is 4.75. The first-order chi connectivity index (χ1) is 12.1. The van der Waals surface area contributed by atoms with Gasteiger partial charge in [0.2, 0.25) is 0 Å². The van der Waals surface area contributed by atoms with Gasteiger partial charge in [-0.3, -0.25) is 19.6 Å². The molecule has 2 fully saturated rings. The van der Waals surface area contributed by atoms with E-state index in [9.17, 15) is 0 Å². The van der Waals surface area contributed by atoms with Crippen molar-refractivity contribution in [2.45, 2.75) is 84.7 Å². The smallest absolute Gasteiger partial charge is 0.0508 e. The molecule has 0 aromatic carbocycles. The minimum atomic E-state index is 0.780. The Bertz CT molecular complexity index is 317. The van der Waals surface area contributed by atoms with Crippen molar-refractivity contribution in [3.05, 3.63) is 0 Å². The zero-order valence-electron chi connectivity index (χ0n) is 17.6. The molecule has 4 heteroatoms. The molecule has 0 spiro atoms. The second-order valence-corrected chi connectivity index (χ2v) is 8.37. The van der Waals surface area contributed by atoms with E-state index in [1.165, 1.54) is 97.6 Å². The van der Waals surface area contributed by atoms with Crippen molar-refractivity contribution < 1.29 is 0 Å². The monoisotopic (exact) mass is 352 g/mol. The van der Waals surface area contributed by atoms with E-state index in [2.05, 4.69) is 47.3 Å². The molecule has 2 saturated heterocycles. The van der Waals surface area contributed by atoms with Crippen molar-refractivity contribution in [2.75, 3.05) is 52.6 Å². The summed E-state index contributed by atoms with van der Waals surface area (Å²) in [5.74, 6) is 0. The number of rotatable bonds is 10. The van der Waals surface area contributed by atoms with Crippen LogP contribution in [-0.4, -0.2) is 84.3 Å². The van der Waals surface area contributed by atoms with Gasteiger partial charge in [0, 0.05) is 25.2 Å². The maximum atomic E-state index is 2.66. The van der Waals surface area contributed by atoms with E-state index in [-0.39, 0.29) is 0 Å². The summed E-state index contributed by atoms with van der Waals surface area (Å²) in [6.07, 6.45) is 9.71. The van der Waals surface area contributed by atoms with Crippen LogP contribution < -0.4 is 0 Å². The molecule has 2 aliphatic rings. The molecule has 0 bridgehead atoms. The van der Waals surface area contributed by atoms with Gasteiger partial charge >= 0.3 is 0 Å². The van der Waals surface area contributed by atoms with E-state index < -0.39 is 0 Å². The van der Waals surface area contributed by atoms with Crippen molar-refractivity contribution >= 4 is 0 Å². The summed E-state index contributed by atoms with van der Waals surface area (Å²) in [4.78, 5) is 10.6. The van der Waals surface area contributed by atoms with Gasteiger partial charge in [0.1, 0.15) is 0 Å². The molecule has 2 atom stereocenters. The molecule has 4 nitrogen and oxygen atoms in total. The summed E-state index contributed by atoms with van der Waals surface area (Å²) < 4.78 is 0. The van der Waals surface area contributed by atoms with Gasteiger partial charge in [-0.1, -0.05) is 33.1 Å². The molecule has 0 radical (unpaired) electrons. The summed E-state index contributed by atoms with van der Waals surface area (Å²) in [5.41, 5.74) is 0. The van der Waals surface area contributed by atoms with Crippen LogP contribution >= 0.6 is 0 Å². The maximum absolute atomic E-state index is 2.66. The third-order valence-electron chi connectivity index (χ3n) is 6.50. The highest BCUT2D eigenvalue weighted by Crippen LogP contribution is 2.16. The van der Waals surface area contributed by atoms with Crippen LogP contribution in [0.4, 0.5) is 0 Å². The van der Waals surface area contributed by atoms with Crippen LogP contribution in [0.5, 0.6) is 0 Å². The standard InChI is InChI=1S/C21H44N4/c1-5-24-18-22(16-12-20(24)3)14-10-8-7-9-11-15-23-17-13-21(4)25(6-2)19-23/h20-21H,5-19H2,1-4H3/t20-,21-/m0/s1. The average Bonchev–Trinajstić information content (AvgIpc) is 2.63. The lowest BCUT2D eigenvalue weighted by Crippen LogP contribution is -2.49. The van der Waals surface area contributed by atoms with Gasteiger partial charge < -0.3 is 0 Å². The summed E-state index contributed by atoms with van der Waals surface area (Å²) in [5, 5.41) is 0. The molecule has 0 saturated carbocycles. The molecule has 0 amide bonds. The van der Waals surface area contributed by atoms with Crippen molar-refractivity contribution in [1.82, 2.24) is 19.6 Å². The van der Waals surface area contributed by atoms with Gasteiger partial charge in [-0.05, 0) is 65.7 Å². The third kappa shape index (κ3) is 7.16. The Hall–Kier alpha value is -0.160. The van der Waals surface area contributed by atoms with Gasteiger partial charge in [-0.15, -0.1) is 0 Å². The fourth-order valence-corrected chi connectivity index (χ4v) is 4.43. The molecule has 2 rings (SSSR count). The van der Waals surface area contributed by atoms with Crippen LogP contribution in [-0.2, 0) is 0 Å². The Labute approximate surface area is 157 Å². The molecule has 0 aliphatic carbocycles. The van der Waals surface area contributed by atoms with E-state index >= 15 is 0 Å². The zero-order valence-corrected chi connectivity index (χ0v) is 17.6. The predicted molar refractivity (Wildman–Crippen MR) is 109 cm³/mol. The van der Waals surface area contributed by atoms with Gasteiger partial charge in [0.25, 0.3) is 0 Å². The van der Waals surface area contributed by atoms with Crippen molar-refractivity contribution in [3.63, 3.8) is 0 Å². The molecule has 0 aromatic rings. The van der Waals surface area contributed by atoms with Crippen LogP contribution in [0.2, 0.25) is 0 Å². The lowest BCUT2D eigenvalue weighted by atomic mass is 10.1. The average molecular weight is 353 g/mol. The van der Waals surface area contributed by atoms with Gasteiger partial charge in [0.05, 0.1) is 13.3 Å². The SMILES string of the molecule is CCN1CN(CCCCCCCN2CC[C@H](C)N(CC)C2)CC[C@@H]1C. The van der Waals surface area contributed by atoms with Gasteiger partial charge in [0.15, 0.2) is 0 Å². The zero-order chi connectivity index (χ0) is 18.1. The first-order valence-corrected chi connectivity index (χ1v) is 11.1. The van der Waals surface area contributed by atoms with Crippen molar-refractivity contribution in [1.29, 1.82) is 0 Å². The number of unbranched alkanes of at least 4 members (excludes halogenated alkanes) is 4. The molecule has 0 N–H and O–H groups in total. The summed E-state index contributed by atoms with van der Waals surface area (Å²) in [7, 11) is 0. The lowest BCUT2D eigenvalue weighted by molar-refractivity contribution is 0.0482. The van der Waals surface area contributed by atoms with Crippen molar-refractivity contribution in [3.8, 4) is 0 Å². The lowest BCUT2D eigenvalue weighted by Gasteiger charge is -2.39. The molecule has 0 unspecified atom stereocenters. The Morgan fingerprint density at radius 2 is 1.04 bits per heavy atom. The first-order valence-electron chi connectivity index (χ1n) is 11.1. The molecule has 148 valence electrons. The van der Waals surface area contributed by atoms with E-state index in [4.69, 9.17) is 0 Å². The fourth-order valence-electron chi connectivity index (χ4n) is 4.43. The Balaban J connectivity index is 1.46. The largest absolute Gasteiger partial charge is 0.290 e. The Morgan fingerprint density at radius 1 is 0.640 bits per heavy atom. The first kappa shape index (κ1) is 21.1. The molecular weight excluding hydrogens is 308 g/mol. The third-order valence-corrected chi connectivity index (χ3v) is 6.50. The van der Waals surface area contributed by atoms with Crippen molar-refractivity contribution in [2.24, 2.45) is 0 Å². The molecule has 2 aliphatic heterocycles. The molecule has 25 heavy (non-hydrogen) atoms. The highest BCUT2D eigenvalue weighted by Gasteiger charge is 2.22. The van der Waals surface area contributed by atoms with E-state index in [1.54, 1.807) is 0 Å². The number of nitrogens with zero attached hydrogens (tertiary/aromatic N) is 4. The fraction of sp³-hybridized carbons (Fsp3) is 1.00. The Kier molecular flexibility index (Phi) is 9.75. The van der Waals surface area contributed by atoms with Crippen LogP contribution in [0.15, 0.2) is 0 Å². The number of hydrogen-bond donors (Lipinski definition) is 0. The van der Waals surface area contributed by atoms with E-state index in [0.717, 1.165) is 12.1 Å². The second kappa shape index (κ2) is 11.5. The number of hydrogen-bond acceptors (Lipinski definition) is 4. The van der Waals surface area contributed by atoms with Gasteiger partial charge in [-0.2, -0.15) is 0 Å². The maximum Gasteiger partial charge on any atom is 0.0508 e. The van der Waals surface area contributed by atoms with Crippen LogP contribution in [0.25, 0.3) is 0 Å². The minimum Gasteiger partial charge on any atom is -0.290 e. The van der Waals surface area contributed by atoms with Crippen LogP contribution in [0.3, 0.4) is 0 Å². The van der Waals surface area contributed by atoms with Crippen LogP contribution in [0.1, 0.15) is 72.6 Å². The second-order valence-electron chi connectivity index (χ2n) is 8.37. The highest BCUT2D eigenvalue weighted by atomic mass is 15.3. The molecule has 0 aromatic heterocycles.